The van der Waals surface area contributed by atoms with Crippen LogP contribution in [0.25, 0.3) is 10.9 Å². The van der Waals surface area contributed by atoms with Crippen LogP contribution in [0.4, 0.5) is 5.69 Å². The van der Waals surface area contributed by atoms with Crippen molar-refractivity contribution in [3.05, 3.63) is 47.8 Å². The molecule has 1 aromatic carbocycles. The van der Waals surface area contributed by atoms with Gasteiger partial charge in [-0.25, -0.2) is 4.99 Å². The smallest absolute Gasteiger partial charge is 0.131 e. The monoisotopic (exact) mass is 302 g/mol. The topological polar surface area (TPSA) is 53.1 Å². The summed E-state index contributed by atoms with van der Waals surface area (Å²) in [7, 11) is 0. The second-order valence-corrected chi connectivity index (χ2v) is 5.00. The summed E-state index contributed by atoms with van der Waals surface area (Å²) < 4.78 is 0. The number of amidine groups is 1. The fourth-order valence-corrected chi connectivity index (χ4v) is 2.06. The maximum Gasteiger partial charge on any atom is 0.131 e. The van der Waals surface area contributed by atoms with E-state index in [0.717, 1.165) is 29.4 Å². The van der Waals surface area contributed by atoms with E-state index in [9.17, 15) is 0 Å². The molecule has 0 atom stereocenters. The Morgan fingerprint density at radius 2 is 2.33 bits per heavy atom. The first-order valence-corrected chi connectivity index (χ1v) is 7.38. The molecule has 0 aliphatic rings. The van der Waals surface area contributed by atoms with Crippen molar-refractivity contribution in [1.82, 2.24) is 10.2 Å². The van der Waals surface area contributed by atoms with Gasteiger partial charge < -0.3 is 5.32 Å². The molecule has 0 aliphatic heterocycles. The molecule has 2 N–H and O–H groups in total. The Morgan fingerprint density at radius 1 is 1.48 bits per heavy atom. The third kappa shape index (κ3) is 4.46. The minimum absolute atomic E-state index is 0.502. The van der Waals surface area contributed by atoms with Gasteiger partial charge in [-0.2, -0.15) is 5.10 Å². The minimum Gasteiger partial charge on any atom is -0.340 e. The van der Waals surface area contributed by atoms with Crippen LogP contribution in [-0.4, -0.2) is 16.0 Å². The molecule has 0 fully saturated rings. The zero-order valence-corrected chi connectivity index (χ0v) is 13.0. The first kappa shape index (κ1) is 15.3. The number of allylic oxidation sites excluding steroid dienone is 2. The van der Waals surface area contributed by atoms with E-state index in [-0.39, 0.29) is 0 Å². The van der Waals surface area contributed by atoms with Gasteiger partial charge in [0, 0.05) is 11.1 Å². The highest BCUT2D eigenvalue weighted by atomic mass is 35.5. The number of hydrogen-bond donors (Lipinski definition) is 2. The molecule has 2 rings (SSSR count). The van der Waals surface area contributed by atoms with Crippen LogP contribution in [-0.2, 0) is 0 Å². The van der Waals surface area contributed by atoms with Crippen molar-refractivity contribution in [3.8, 4) is 0 Å². The normalized spacial score (nSPS) is 13.3. The lowest BCUT2D eigenvalue weighted by Crippen LogP contribution is -2.08. The van der Waals surface area contributed by atoms with E-state index < -0.39 is 0 Å². The highest BCUT2D eigenvalue weighted by Gasteiger charge is 2.01. The van der Waals surface area contributed by atoms with E-state index in [0.29, 0.717) is 11.0 Å². The third-order valence-corrected chi connectivity index (χ3v) is 3.10. The van der Waals surface area contributed by atoms with Gasteiger partial charge in [0.1, 0.15) is 11.0 Å². The molecule has 4 nitrogen and oxygen atoms in total. The first-order chi connectivity index (χ1) is 10.2. The number of nitrogens with zero attached hydrogens (tertiary/aromatic N) is 2. The number of H-pyrrole nitrogens is 1. The molecule has 0 bridgehead atoms. The summed E-state index contributed by atoms with van der Waals surface area (Å²) >= 11 is 6.12. The van der Waals surface area contributed by atoms with Crippen molar-refractivity contribution in [2.45, 2.75) is 26.7 Å². The summed E-state index contributed by atoms with van der Waals surface area (Å²) in [6.45, 7) is 4.05. The number of halogens is 1. The average Bonchev–Trinajstić information content (AvgIpc) is 2.93. The number of benzene rings is 1. The Hall–Kier alpha value is -2.07. The molecule has 0 aliphatic carbocycles. The maximum atomic E-state index is 6.12. The van der Waals surface area contributed by atoms with Gasteiger partial charge in [0.25, 0.3) is 0 Å². The molecule has 0 unspecified atom stereocenters. The first-order valence-electron chi connectivity index (χ1n) is 7.00. The van der Waals surface area contributed by atoms with Gasteiger partial charge in [0.15, 0.2) is 0 Å². The molecule has 0 radical (unpaired) electrons. The predicted octanol–water partition coefficient (Wildman–Crippen LogP) is 4.83. The molecule has 5 heteroatoms. The second-order valence-electron chi connectivity index (χ2n) is 4.61. The number of aromatic amines is 1. The van der Waals surface area contributed by atoms with Crippen molar-refractivity contribution in [2.75, 3.05) is 5.32 Å². The number of fused-ring (bicyclic) bond motifs is 1. The highest BCUT2D eigenvalue weighted by molar-refractivity contribution is 6.30. The summed E-state index contributed by atoms with van der Waals surface area (Å²) in [5, 5.41) is 11.8. The Bertz CT molecular complexity index is 682. The fraction of sp³-hybridized carbons (Fsp3) is 0.250. The van der Waals surface area contributed by atoms with Gasteiger partial charge in [0.05, 0.1) is 11.7 Å². The van der Waals surface area contributed by atoms with Crippen LogP contribution in [0.2, 0.25) is 0 Å². The molecular weight excluding hydrogens is 284 g/mol. The Morgan fingerprint density at radius 3 is 3.10 bits per heavy atom. The van der Waals surface area contributed by atoms with Gasteiger partial charge in [0.2, 0.25) is 0 Å². The number of aliphatic imine (C=N–C) groups is 1. The number of aromatic nitrogens is 2. The Kier molecular flexibility index (Phi) is 5.58. The minimum atomic E-state index is 0.502. The third-order valence-electron chi connectivity index (χ3n) is 2.87. The van der Waals surface area contributed by atoms with Crippen LogP contribution in [0, 0.1) is 0 Å². The van der Waals surface area contributed by atoms with Gasteiger partial charge in [-0.15, -0.1) is 0 Å². The molecular formula is C16H19ClN4. The molecule has 0 spiro atoms. The lowest BCUT2D eigenvalue weighted by Gasteiger charge is -2.06. The number of nitrogens with one attached hydrogen (secondary N) is 2. The van der Waals surface area contributed by atoms with Crippen LogP contribution in [0.5, 0.6) is 0 Å². The summed E-state index contributed by atoms with van der Waals surface area (Å²) in [5.41, 5.74) is 1.95. The molecule has 0 saturated heterocycles. The summed E-state index contributed by atoms with van der Waals surface area (Å²) in [5.74, 6) is 0.706. The summed E-state index contributed by atoms with van der Waals surface area (Å²) in [6, 6.07) is 5.97. The number of anilines is 1. The summed E-state index contributed by atoms with van der Waals surface area (Å²) in [4.78, 5) is 4.39. The fourth-order valence-electron chi connectivity index (χ4n) is 1.86. The number of unbranched alkanes of at least 4 members (excludes halogenated alkanes) is 1. The average molecular weight is 303 g/mol. The van der Waals surface area contributed by atoms with Crippen molar-refractivity contribution in [3.63, 3.8) is 0 Å². The Balaban J connectivity index is 2.20. The maximum absolute atomic E-state index is 6.12. The van der Waals surface area contributed by atoms with E-state index in [2.05, 4.69) is 27.4 Å². The SMILES string of the molecule is C/C=C\C(=NC(Cl)=CCCC)Nc1ccc2[nH]ncc2c1. The van der Waals surface area contributed by atoms with Crippen molar-refractivity contribution in [1.29, 1.82) is 0 Å². The molecule has 0 amide bonds. The molecule has 1 aromatic heterocycles. The summed E-state index contributed by atoms with van der Waals surface area (Å²) in [6.07, 6.45) is 9.50. The van der Waals surface area contributed by atoms with Crippen molar-refractivity contribution >= 4 is 34.0 Å². The molecule has 110 valence electrons. The van der Waals surface area contributed by atoms with Crippen LogP contribution < -0.4 is 5.32 Å². The van der Waals surface area contributed by atoms with Gasteiger partial charge in [-0.3, -0.25) is 5.10 Å². The zero-order valence-electron chi connectivity index (χ0n) is 12.2. The van der Waals surface area contributed by atoms with Crippen LogP contribution >= 0.6 is 11.6 Å². The lowest BCUT2D eigenvalue weighted by molar-refractivity contribution is 0.954. The van der Waals surface area contributed by atoms with Gasteiger partial charge in [-0.1, -0.05) is 31.0 Å². The van der Waals surface area contributed by atoms with E-state index in [1.807, 2.05) is 43.4 Å². The second kappa shape index (κ2) is 7.64. The standard InChI is InChI=1S/C16H19ClN4/c1-3-5-7-15(17)20-16(6-4-2)19-13-8-9-14-12(10-13)11-18-21-14/h4,6-11H,3,5H2,1-2H3,(H,18,21)(H,19,20)/b6-4-,15-7?. The molecule has 0 saturated carbocycles. The van der Waals surface area contributed by atoms with E-state index in [1.54, 1.807) is 6.20 Å². The quantitative estimate of drug-likeness (QED) is 0.472. The number of hydrogen-bond acceptors (Lipinski definition) is 2. The Labute approximate surface area is 129 Å². The van der Waals surface area contributed by atoms with Gasteiger partial charge >= 0.3 is 0 Å². The van der Waals surface area contributed by atoms with E-state index in [4.69, 9.17) is 11.6 Å². The van der Waals surface area contributed by atoms with Crippen LogP contribution in [0.1, 0.15) is 26.7 Å². The van der Waals surface area contributed by atoms with E-state index in [1.165, 1.54) is 0 Å². The molecule has 2 aromatic rings. The van der Waals surface area contributed by atoms with E-state index >= 15 is 0 Å². The van der Waals surface area contributed by atoms with Gasteiger partial charge in [-0.05, 0) is 43.7 Å². The predicted molar refractivity (Wildman–Crippen MR) is 90.8 cm³/mol. The molecule has 1 heterocycles. The van der Waals surface area contributed by atoms with Crippen LogP contribution in [0.15, 0.2) is 52.8 Å². The molecule has 21 heavy (non-hydrogen) atoms. The lowest BCUT2D eigenvalue weighted by atomic mass is 10.2. The zero-order chi connectivity index (χ0) is 15.1. The largest absolute Gasteiger partial charge is 0.340 e. The van der Waals surface area contributed by atoms with Crippen molar-refractivity contribution in [2.24, 2.45) is 4.99 Å². The number of rotatable bonds is 5. The van der Waals surface area contributed by atoms with Crippen LogP contribution in [0.3, 0.4) is 0 Å². The van der Waals surface area contributed by atoms with Crippen molar-refractivity contribution < 1.29 is 0 Å². The highest BCUT2D eigenvalue weighted by Crippen LogP contribution is 2.17.